The molecule has 1 fully saturated rings. The van der Waals surface area contributed by atoms with Crippen molar-refractivity contribution in [1.29, 1.82) is 0 Å². The van der Waals surface area contributed by atoms with Gasteiger partial charge in [0.05, 0.1) is 17.2 Å². The fourth-order valence-corrected chi connectivity index (χ4v) is 4.29. The van der Waals surface area contributed by atoms with Gasteiger partial charge in [-0.3, -0.25) is 0 Å². The number of nitrogens with two attached hydrogens (primary N) is 1. The Bertz CT molecular complexity index is 602. The Kier molecular flexibility index (Phi) is 4.41. The Labute approximate surface area is 124 Å². The van der Waals surface area contributed by atoms with E-state index >= 15 is 0 Å². The van der Waals surface area contributed by atoms with E-state index in [0.717, 1.165) is 5.56 Å². The van der Waals surface area contributed by atoms with Crippen molar-refractivity contribution in [2.24, 2.45) is 5.73 Å². The van der Waals surface area contributed by atoms with Gasteiger partial charge in [0.1, 0.15) is 4.90 Å². The van der Waals surface area contributed by atoms with E-state index in [1.165, 1.54) is 4.31 Å². The summed E-state index contributed by atoms with van der Waals surface area (Å²) in [7, 11) is -3.63. The summed E-state index contributed by atoms with van der Waals surface area (Å²) in [6.07, 6.45) is 0. The van der Waals surface area contributed by atoms with Crippen LogP contribution in [0.1, 0.15) is 19.4 Å². The highest BCUT2D eigenvalue weighted by atomic mass is 35.5. The van der Waals surface area contributed by atoms with Gasteiger partial charge in [0.25, 0.3) is 0 Å². The van der Waals surface area contributed by atoms with Crippen molar-refractivity contribution in [1.82, 2.24) is 4.31 Å². The van der Waals surface area contributed by atoms with Gasteiger partial charge in [-0.05, 0) is 31.5 Å². The van der Waals surface area contributed by atoms with Gasteiger partial charge in [0.15, 0.2) is 0 Å². The second-order valence-corrected chi connectivity index (χ2v) is 7.73. The second-order valence-electron chi connectivity index (χ2n) is 5.42. The summed E-state index contributed by atoms with van der Waals surface area (Å²) in [5.41, 5.74) is 5.80. The van der Waals surface area contributed by atoms with Crippen LogP contribution in [0.5, 0.6) is 0 Å². The van der Waals surface area contributed by atoms with Gasteiger partial charge in [-0.2, -0.15) is 4.31 Å². The number of ether oxygens (including phenoxy) is 1. The van der Waals surface area contributed by atoms with Gasteiger partial charge in [0, 0.05) is 19.6 Å². The zero-order chi connectivity index (χ0) is 15.0. The SMILES string of the molecule is CC1(C)CN(S(=O)(=O)c2cc(CN)ccc2Cl)CCO1. The molecule has 1 aromatic carbocycles. The summed E-state index contributed by atoms with van der Waals surface area (Å²) in [5.74, 6) is 0. The zero-order valence-electron chi connectivity index (χ0n) is 11.6. The van der Waals surface area contributed by atoms with Crippen LogP contribution >= 0.6 is 11.6 Å². The molecule has 0 amide bonds. The first-order valence-corrected chi connectivity index (χ1v) is 8.21. The average Bonchev–Trinajstić information content (AvgIpc) is 2.38. The van der Waals surface area contributed by atoms with Gasteiger partial charge in [-0.15, -0.1) is 0 Å². The largest absolute Gasteiger partial charge is 0.373 e. The lowest BCUT2D eigenvalue weighted by molar-refractivity contribution is -0.0640. The van der Waals surface area contributed by atoms with Crippen molar-refractivity contribution < 1.29 is 13.2 Å². The first kappa shape index (κ1) is 15.7. The lowest BCUT2D eigenvalue weighted by atomic mass is 10.1. The number of morpholine rings is 1. The van der Waals surface area contributed by atoms with E-state index in [4.69, 9.17) is 22.1 Å². The summed E-state index contributed by atoms with van der Waals surface area (Å²) in [5, 5.41) is 0.214. The van der Waals surface area contributed by atoms with E-state index in [1.54, 1.807) is 18.2 Å². The zero-order valence-corrected chi connectivity index (χ0v) is 13.2. The maximum Gasteiger partial charge on any atom is 0.244 e. The van der Waals surface area contributed by atoms with Crippen molar-refractivity contribution in [2.45, 2.75) is 30.9 Å². The van der Waals surface area contributed by atoms with E-state index in [9.17, 15) is 8.42 Å². The Morgan fingerprint density at radius 1 is 1.45 bits per heavy atom. The van der Waals surface area contributed by atoms with Crippen LogP contribution < -0.4 is 5.73 Å². The van der Waals surface area contributed by atoms with Crippen LogP contribution in [0.4, 0.5) is 0 Å². The highest BCUT2D eigenvalue weighted by molar-refractivity contribution is 7.89. The number of halogens is 1. The number of hydrogen-bond donors (Lipinski definition) is 1. The molecule has 1 heterocycles. The average molecular weight is 319 g/mol. The summed E-state index contributed by atoms with van der Waals surface area (Å²) >= 11 is 6.05. The standard InChI is InChI=1S/C13H19ClN2O3S/c1-13(2)9-16(5-6-19-13)20(17,18)12-7-10(8-15)3-4-11(12)14/h3-4,7H,5-6,8-9,15H2,1-2H3. The number of hydrogen-bond acceptors (Lipinski definition) is 4. The van der Waals surface area contributed by atoms with Crippen molar-refractivity contribution in [3.63, 3.8) is 0 Å². The third-order valence-corrected chi connectivity index (χ3v) is 5.57. The first-order valence-electron chi connectivity index (χ1n) is 6.39. The summed E-state index contributed by atoms with van der Waals surface area (Å²) in [6, 6.07) is 4.84. The minimum atomic E-state index is -3.63. The normalized spacial score (nSPS) is 20.0. The quantitative estimate of drug-likeness (QED) is 0.918. The molecule has 2 N–H and O–H groups in total. The van der Waals surface area contributed by atoms with Gasteiger partial charge in [-0.25, -0.2) is 8.42 Å². The number of sulfonamides is 1. The molecule has 0 bridgehead atoms. The molecule has 1 aliphatic heterocycles. The maximum absolute atomic E-state index is 12.7. The molecule has 0 aromatic heterocycles. The predicted molar refractivity (Wildman–Crippen MR) is 78.1 cm³/mol. The fraction of sp³-hybridized carbons (Fsp3) is 0.538. The second kappa shape index (κ2) is 5.61. The molecule has 5 nitrogen and oxygen atoms in total. The Morgan fingerprint density at radius 2 is 2.15 bits per heavy atom. The monoisotopic (exact) mass is 318 g/mol. The van der Waals surface area contributed by atoms with Gasteiger partial charge in [-0.1, -0.05) is 17.7 Å². The lowest BCUT2D eigenvalue weighted by Crippen LogP contribution is -2.50. The summed E-state index contributed by atoms with van der Waals surface area (Å²) in [4.78, 5) is 0.111. The predicted octanol–water partition coefficient (Wildman–Crippen LogP) is 1.60. The number of nitrogens with zero attached hydrogens (tertiary/aromatic N) is 1. The maximum atomic E-state index is 12.7. The van der Waals surface area contributed by atoms with Crippen molar-refractivity contribution in [3.8, 4) is 0 Å². The van der Waals surface area contributed by atoms with Crippen molar-refractivity contribution >= 4 is 21.6 Å². The number of rotatable bonds is 3. The van der Waals surface area contributed by atoms with Gasteiger partial charge < -0.3 is 10.5 Å². The van der Waals surface area contributed by atoms with E-state index in [1.807, 2.05) is 13.8 Å². The van der Waals surface area contributed by atoms with E-state index in [2.05, 4.69) is 0 Å². The molecule has 0 radical (unpaired) electrons. The molecule has 2 rings (SSSR count). The smallest absolute Gasteiger partial charge is 0.244 e. The third kappa shape index (κ3) is 3.15. The minimum absolute atomic E-state index is 0.111. The molecule has 7 heteroatoms. The molecule has 20 heavy (non-hydrogen) atoms. The molecule has 0 spiro atoms. The molecule has 1 aromatic rings. The van der Waals surface area contributed by atoms with Crippen molar-refractivity contribution in [3.05, 3.63) is 28.8 Å². The van der Waals surface area contributed by atoms with Crippen LogP contribution in [-0.4, -0.2) is 38.0 Å². The van der Waals surface area contributed by atoms with Crippen LogP contribution in [0.3, 0.4) is 0 Å². The van der Waals surface area contributed by atoms with Gasteiger partial charge in [0.2, 0.25) is 10.0 Å². The Morgan fingerprint density at radius 3 is 2.75 bits per heavy atom. The molecule has 1 aliphatic rings. The molecule has 1 saturated heterocycles. The molecule has 0 atom stereocenters. The molecule has 0 saturated carbocycles. The Hall–Kier alpha value is -0.660. The topological polar surface area (TPSA) is 72.6 Å². The van der Waals surface area contributed by atoms with Crippen LogP contribution in [0.25, 0.3) is 0 Å². The Balaban J connectivity index is 2.40. The highest BCUT2D eigenvalue weighted by Crippen LogP contribution is 2.28. The van der Waals surface area contributed by atoms with E-state index in [-0.39, 0.29) is 16.5 Å². The van der Waals surface area contributed by atoms with Crippen LogP contribution in [-0.2, 0) is 21.3 Å². The number of benzene rings is 1. The minimum Gasteiger partial charge on any atom is -0.373 e. The van der Waals surface area contributed by atoms with Gasteiger partial charge >= 0.3 is 0 Å². The van der Waals surface area contributed by atoms with Crippen LogP contribution in [0, 0.1) is 0 Å². The lowest BCUT2D eigenvalue weighted by Gasteiger charge is -2.37. The van der Waals surface area contributed by atoms with E-state index in [0.29, 0.717) is 19.7 Å². The fourth-order valence-electron chi connectivity index (χ4n) is 2.19. The van der Waals surface area contributed by atoms with E-state index < -0.39 is 15.6 Å². The molecule has 112 valence electrons. The molecular weight excluding hydrogens is 300 g/mol. The third-order valence-electron chi connectivity index (χ3n) is 3.24. The van der Waals surface area contributed by atoms with Crippen LogP contribution in [0.2, 0.25) is 5.02 Å². The summed E-state index contributed by atoms with van der Waals surface area (Å²) in [6.45, 7) is 5.02. The molecule has 0 aliphatic carbocycles. The van der Waals surface area contributed by atoms with Crippen molar-refractivity contribution in [2.75, 3.05) is 19.7 Å². The molecule has 0 unspecified atom stereocenters. The summed E-state index contributed by atoms with van der Waals surface area (Å²) < 4.78 is 32.4. The van der Waals surface area contributed by atoms with Crippen LogP contribution in [0.15, 0.2) is 23.1 Å². The molecular formula is C13H19ClN2O3S. The highest BCUT2D eigenvalue weighted by Gasteiger charge is 2.35. The first-order chi connectivity index (χ1) is 9.26.